The van der Waals surface area contributed by atoms with Crippen molar-refractivity contribution >= 4 is 28.0 Å². The molecule has 2 aromatic rings. The zero-order valence-electron chi connectivity index (χ0n) is 16.1. The highest BCUT2D eigenvalue weighted by Gasteiger charge is 2.42. The Balaban J connectivity index is 1.60. The predicted octanol–water partition coefficient (Wildman–Crippen LogP) is 4.66. The lowest BCUT2D eigenvalue weighted by Gasteiger charge is -2.44. The third-order valence-electron chi connectivity index (χ3n) is 5.24. The first-order valence-corrected chi connectivity index (χ1v) is 11.0. The third-order valence-corrected chi connectivity index (χ3v) is 7.09. The van der Waals surface area contributed by atoms with Gasteiger partial charge in [-0.25, -0.2) is 13.1 Å². The van der Waals surface area contributed by atoms with Gasteiger partial charge in [-0.1, -0.05) is 12.1 Å². The lowest BCUT2D eigenvalue weighted by molar-refractivity contribution is 0.0963. The van der Waals surface area contributed by atoms with Crippen LogP contribution >= 0.6 is 11.0 Å². The summed E-state index contributed by atoms with van der Waals surface area (Å²) in [7, 11) is -1.99. The molecule has 3 N–H and O–H groups in total. The fourth-order valence-electron chi connectivity index (χ4n) is 3.51. The van der Waals surface area contributed by atoms with Crippen LogP contribution < -0.4 is 13.9 Å². The summed E-state index contributed by atoms with van der Waals surface area (Å²) in [6.07, 6.45) is 2.78. The second-order valence-electron chi connectivity index (χ2n) is 7.30. The summed E-state index contributed by atoms with van der Waals surface area (Å²) in [6, 6.07) is 10.4. The molecule has 4 rings (SSSR count). The molecule has 2 aromatic carbocycles. The van der Waals surface area contributed by atoms with Crippen LogP contribution in [-0.2, 0) is 4.74 Å². The zero-order valence-corrected chi connectivity index (χ0v) is 16.9. The van der Waals surface area contributed by atoms with Crippen LogP contribution in [0.25, 0.3) is 0 Å². The van der Waals surface area contributed by atoms with Gasteiger partial charge in [0.05, 0.1) is 17.5 Å². The number of anilines is 3. The molecule has 0 unspecified atom stereocenters. The summed E-state index contributed by atoms with van der Waals surface area (Å²) in [4.78, 5) is 0. The summed E-state index contributed by atoms with van der Waals surface area (Å²) in [6.45, 7) is 0.968. The SMILES string of the molecule is CO[C@@H](CCN1c2ccccc2N(c2cc(F)ccc2F)S1(O)O)CNC1CC1. The maximum atomic E-state index is 14.5. The average Bonchev–Trinajstić information content (AvgIpc) is 3.49. The van der Waals surface area contributed by atoms with E-state index in [2.05, 4.69) is 5.32 Å². The zero-order chi connectivity index (χ0) is 20.6. The van der Waals surface area contributed by atoms with Crippen molar-refractivity contribution in [1.82, 2.24) is 5.32 Å². The van der Waals surface area contributed by atoms with Crippen LogP contribution in [0, 0.1) is 11.6 Å². The Morgan fingerprint density at radius 1 is 1.14 bits per heavy atom. The largest absolute Gasteiger partial charge is 0.380 e. The minimum atomic E-state index is -3.62. The number of nitrogens with one attached hydrogen (secondary N) is 1. The highest BCUT2D eigenvalue weighted by molar-refractivity contribution is 8.27. The third kappa shape index (κ3) is 4.06. The number of methoxy groups -OCH3 is 1. The normalized spacial score (nSPS) is 19.9. The van der Waals surface area contributed by atoms with Gasteiger partial charge in [0.15, 0.2) is 0 Å². The van der Waals surface area contributed by atoms with Gasteiger partial charge in [0.1, 0.15) is 17.3 Å². The number of hydrogen-bond donors (Lipinski definition) is 3. The monoisotopic (exact) mass is 425 g/mol. The highest BCUT2D eigenvalue weighted by Crippen LogP contribution is 2.64. The minimum Gasteiger partial charge on any atom is -0.380 e. The standard InChI is InChI=1S/C20H25F2N3O3S/c1-28-16(13-23-15-7-8-15)10-11-24-18-4-2-3-5-19(18)25(29(24,26)27)20-12-14(21)6-9-17(20)22/h2-6,9,12,15-16,23,26-27H,7-8,10-11,13H2,1H3/t16-/m0/s1. The first-order chi connectivity index (χ1) is 13.9. The lowest BCUT2D eigenvalue weighted by Crippen LogP contribution is -2.36. The molecule has 0 bridgehead atoms. The van der Waals surface area contributed by atoms with Crippen molar-refractivity contribution in [2.24, 2.45) is 0 Å². The quantitative estimate of drug-likeness (QED) is 0.572. The van der Waals surface area contributed by atoms with Gasteiger partial charge in [-0.2, -0.15) is 0 Å². The van der Waals surface area contributed by atoms with Gasteiger partial charge in [0.25, 0.3) is 0 Å². The van der Waals surface area contributed by atoms with Gasteiger partial charge < -0.3 is 10.1 Å². The molecule has 2 aliphatic rings. The number of para-hydroxylation sites is 2. The number of halogens is 2. The van der Waals surface area contributed by atoms with Crippen molar-refractivity contribution < 1.29 is 22.6 Å². The van der Waals surface area contributed by atoms with E-state index in [4.69, 9.17) is 4.74 Å². The van der Waals surface area contributed by atoms with Gasteiger partial charge in [0.2, 0.25) is 0 Å². The van der Waals surface area contributed by atoms with Crippen LogP contribution in [0.3, 0.4) is 0 Å². The molecule has 29 heavy (non-hydrogen) atoms. The maximum absolute atomic E-state index is 14.5. The molecule has 0 aromatic heterocycles. The summed E-state index contributed by atoms with van der Waals surface area (Å²) in [5.74, 6) is -1.38. The van der Waals surface area contributed by atoms with Crippen LogP contribution in [0.2, 0.25) is 0 Å². The topological polar surface area (TPSA) is 68.2 Å². The van der Waals surface area contributed by atoms with Gasteiger partial charge >= 0.3 is 0 Å². The van der Waals surface area contributed by atoms with Crippen LogP contribution in [-0.4, -0.2) is 41.5 Å². The predicted molar refractivity (Wildman–Crippen MR) is 112 cm³/mol. The van der Waals surface area contributed by atoms with Crippen molar-refractivity contribution in [3.8, 4) is 0 Å². The summed E-state index contributed by atoms with van der Waals surface area (Å²) >= 11 is 0. The number of ether oxygens (including phenoxy) is 1. The molecule has 9 heteroatoms. The minimum absolute atomic E-state index is 0.0991. The van der Waals surface area contributed by atoms with Crippen LogP contribution in [0.1, 0.15) is 19.3 Å². The highest BCUT2D eigenvalue weighted by atomic mass is 32.3. The van der Waals surface area contributed by atoms with E-state index in [9.17, 15) is 17.9 Å². The van der Waals surface area contributed by atoms with E-state index >= 15 is 0 Å². The van der Waals surface area contributed by atoms with Crippen molar-refractivity contribution in [3.05, 3.63) is 54.1 Å². The van der Waals surface area contributed by atoms with Crippen molar-refractivity contribution in [1.29, 1.82) is 0 Å². The van der Waals surface area contributed by atoms with E-state index in [1.54, 1.807) is 31.4 Å². The molecule has 0 amide bonds. The smallest absolute Gasteiger partial charge is 0.148 e. The number of rotatable bonds is 8. The Morgan fingerprint density at radius 3 is 2.55 bits per heavy atom. The van der Waals surface area contributed by atoms with Gasteiger partial charge in [-0.3, -0.25) is 13.4 Å². The molecular weight excluding hydrogens is 400 g/mol. The Bertz CT molecular complexity index is 882. The Morgan fingerprint density at radius 2 is 1.86 bits per heavy atom. The second kappa shape index (κ2) is 8.08. The fraction of sp³-hybridized carbons (Fsp3) is 0.400. The van der Waals surface area contributed by atoms with E-state index in [-0.39, 0.29) is 18.3 Å². The maximum Gasteiger partial charge on any atom is 0.148 e. The van der Waals surface area contributed by atoms with Crippen LogP contribution in [0.15, 0.2) is 42.5 Å². The van der Waals surface area contributed by atoms with Crippen molar-refractivity contribution in [3.63, 3.8) is 0 Å². The molecule has 6 nitrogen and oxygen atoms in total. The second-order valence-corrected chi connectivity index (χ2v) is 9.09. The Labute approximate surface area is 170 Å². The van der Waals surface area contributed by atoms with E-state index in [0.717, 1.165) is 22.5 Å². The summed E-state index contributed by atoms with van der Waals surface area (Å²) in [5.41, 5.74) is 0.766. The average molecular weight is 426 g/mol. The molecule has 1 fully saturated rings. The van der Waals surface area contributed by atoms with Crippen LogP contribution in [0.5, 0.6) is 0 Å². The molecule has 0 radical (unpaired) electrons. The molecule has 1 aliphatic carbocycles. The Hall–Kier alpha value is -1.91. The number of hydrogen-bond acceptors (Lipinski definition) is 6. The molecule has 1 atom stereocenters. The summed E-state index contributed by atoms with van der Waals surface area (Å²) < 4.78 is 58.5. The molecule has 0 spiro atoms. The van der Waals surface area contributed by atoms with Crippen LogP contribution in [0.4, 0.5) is 25.8 Å². The van der Waals surface area contributed by atoms with Crippen molar-refractivity contribution in [2.45, 2.75) is 31.4 Å². The molecule has 1 heterocycles. The fourth-order valence-corrected chi connectivity index (χ4v) is 5.29. The van der Waals surface area contributed by atoms with Gasteiger partial charge in [-0.15, -0.1) is 0 Å². The van der Waals surface area contributed by atoms with Gasteiger partial charge in [0, 0.05) is 32.3 Å². The molecule has 1 saturated carbocycles. The van der Waals surface area contributed by atoms with E-state index < -0.39 is 22.6 Å². The Kier molecular flexibility index (Phi) is 5.67. The molecule has 0 saturated heterocycles. The number of benzene rings is 2. The molecule has 158 valence electrons. The number of nitrogens with zero attached hydrogens (tertiary/aromatic N) is 2. The first-order valence-electron chi connectivity index (χ1n) is 9.58. The lowest BCUT2D eigenvalue weighted by atomic mass is 10.2. The number of fused-ring (bicyclic) bond motifs is 1. The molecular formula is C20H25F2N3O3S. The molecule has 1 aliphatic heterocycles. The van der Waals surface area contributed by atoms with Gasteiger partial charge in [-0.05, 0) is 54.5 Å². The van der Waals surface area contributed by atoms with Crippen molar-refractivity contribution in [2.75, 3.05) is 28.8 Å². The van der Waals surface area contributed by atoms with E-state index in [0.29, 0.717) is 30.4 Å². The van der Waals surface area contributed by atoms with E-state index in [1.807, 2.05) is 0 Å². The first kappa shape index (κ1) is 20.4. The van der Waals surface area contributed by atoms with E-state index in [1.165, 1.54) is 17.1 Å². The summed E-state index contributed by atoms with van der Waals surface area (Å²) in [5, 5.41) is 3.41.